The molecule has 3 amide bonds. The molecule has 0 bridgehead atoms. The molecule has 0 spiro atoms. The van der Waals surface area contributed by atoms with Gasteiger partial charge in [-0.15, -0.1) is 0 Å². The summed E-state index contributed by atoms with van der Waals surface area (Å²) in [5, 5.41) is 15.4. The fourth-order valence-corrected chi connectivity index (χ4v) is 4.58. The van der Waals surface area contributed by atoms with E-state index in [1.54, 1.807) is 18.2 Å². The highest BCUT2D eigenvalue weighted by atomic mass is 35.5. The number of halogens is 1. The minimum atomic E-state index is -0.510. The summed E-state index contributed by atoms with van der Waals surface area (Å²) in [5.74, 6) is -0.812. The second kappa shape index (κ2) is 12.4. The largest absolute Gasteiger partial charge is 0.496 e. The van der Waals surface area contributed by atoms with E-state index in [-0.39, 0.29) is 39.8 Å². The van der Waals surface area contributed by atoms with Gasteiger partial charge in [-0.1, -0.05) is 36.4 Å². The highest BCUT2D eigenvalue weighted by molar-refractivity contribution is 6.35. The summed E-state index contributed by atoms with van der Waals surface area (Å²) in [6.07, 6.45) is 4.22. The van der Waals surface area contributed by atoms with E-state index in [1.807, 2.05) is 24.3 Å². The zero-order valence-electron chi connectivity index (χ0n) is 20.9. The van der Waals surface area contributed by atoms with Gasteiger partial charge in [0.05, 0.1) is 17.8 Å². The first-order valence-electron chi connectivity index (χ1n) is 12.1. The Balaban J connectivity index is 1.31. The van der Waals surface area contributed by atoms with Crippen molar-refractivity contribution in [3.8, 4) is 5.75 Å². The first-order valence-corrected chi connectivity index (χ1v) is 12.5. The number of amides is 3. The van der Waals surface area contributed by atoms with Gasteiger partial charge in [0.15, 0.2) is 5.69 Å². The van der Waals surface area contributed by atoms with Gasteiger partial charge in [-0.2, -0.15) is 5.10 Å². The van der Waals surface area contributed by atoms with Gasteiger partial charge in [0.2, 0.25) is 5.91 Å². The van der Waals surface area contributed by atoms with Crippen LogP contribution in [0.5, 0.6) is 5.75 Å². The molecule has 0 unspecified atom stereocenters. The summed E-state index contributed by atoms with van der Waals surface area (Å²) < 4.78 is 5.24. The van der Waals surface area contributed by atoms with E-state index < -0.39 is 5.91 Å². The Hall–Kier alpha value is -4.15. The monoisotopic (exact) mass is 536 g/mol. The maximum Gasteiger partial charge on any atom is 0.274 e. The molecule has 3 aromatic rings. The molecule has 0 radical (unpaired) electrons. The number of aromatic amines is 1. The summed E-state index contributed by atoms with van der Waals surface area (Å²) in [7, 11) is 1.45. The molecule has 198 valence electrons. The molecule has 0 atom stereocenters. The Morgan fingerprint density at radius 3 is 2.66 bits per heavy atom. The van der Waals surface area contributed by atoms with Crippen LogP contribution in [0.2, 0.25) is 5.02 Å². The number of carbonyl (C=O) groups excluding carboxylic acids is 3. The highest BCUT2D eigenvalue weighted by Gasteiger charge is 2.25. The molecular formula is C27H29ClN6O4. The van der Waals surface area contributed by atoms with Crippen LogP contribution in [0.1, 0.15) is 39.3 Å². The zero-order valence-corrected chi connectivity index (χ0v) is 21.7. The third-order valence-corrected chi connectivity index (χ3v) is 6.55. The lowest BCUT2D eigenvalue weighted by Crippen LogP contribution is -2.44. The molecule has 1 saturated heterocycles. The molecule has 10 nitrogen and oxygen atoms in total. The van der Waals surface area contributed by atoms with Gasteiger partial charge in [0.1, 0.15) is 11.3 Å². The smallest absolute Gasteiger partial charge is 0.274 e. The minimum absolute atomic E-state index is 0.0270. The number of piperidine rings is 1. The lowest BCUT2D eigenvalue weighted by Gasteiger charge is -2.32. The third-order valence-electron chi connectivity index (χ3n) is 6.23. The van der Waals surface area contributed by atoms with Crippen molar-refractivity contribution in [2.45, 2.75) is 25.4 Å². The van der Waals surface area contributed by atoms with Gasteiger partial charge in [-0.25, -0.2) is 0 Å². The van der Waals surface area contributed by atoms with E-state index in [0.29, 0.717) is 5.75 Å². The van der Waals surface area contributed by atoms with E-state index in [1.165, 1.54) is 19.4 Å². The van der Waals surface area contributed by atoms with Crippen molar-refractivity contribution in [3.63, 3.8) is 0 Å². The molecule has 1 aliphatic heterocycles. The van der Waals surface area contributed by atoms with Crippen LogP contribution in [0.3, 0.4) is 0 Å². The lowest BCUT2D eigenvalue weighted by atomic mass is 10.0. The Bertz CT molecular complexity index is 1330. The predicted molar refractivity (Wildman–Crippen MR) is 146 cm³/mol. The van der Waals surface area contributed by atoms with E-state index >= 15 is 0 Å². The van der Waals surface area contributed by atoms with Gasteiger partial charge < -0.3 is 20.7 Å². The van der Waals surface area contributed by atoms with Gasteiger partial charge >= 0.3 is 0 Å². The number of nitrogens with zero attached hydrogens (tertiary/aromatic N) is 2. The van der Waals surface area contributed by atoms with Crippen molar-refractivity contribution in [3.05, 3.63) is 83.2 Å². The third kappa shape index (κ3) is 6.58. The van der Waals surface area contributed by atoms with Crippen molar-refractivity contribution in [2.24, 2.45) is 0 Å². The standard InChI is InChI=1S/C27H29ClN6O4/c1-3-23(35)30-19-7-4-6-17(14-19)16-34-12-10-18(11-13-34)31-27(37)25-21(15-29-33-25)32-26(36)24-20(28)8-5-9-22(24)38-2/h3-9,14-15,18H,1,10-13,16H2,2H3,(H,29,33)(H,30,35)(H,31,37)(H,32,36). The van der Waals surface area contributed by atoms with Crippen LogP contribution in [-0.2, 0) is 11.3 Å². The van der Waals surface area contributed by atoms with E-state index in [2.05, 4.69) is 37.6 Å². The van der Waals surface area contributed by atoms with Crippen LogP contribution in [0.4, 0.5) is 11.4 Å². The van der Waals surface area contributed by atoms with Gasteiger partial charge in [-0.05, 0) is 48.7 Å². The second-order valence-electron chi connectivity index (χ2n) is 8.84. The van der Waals surface area contributed by atoms with Crippen LogP contribution in [0.15, 0.2) is 61.3 Å². The first kappa shape index (κ1) is 26.9. The maximum atomic E-state index is 13.0. The normalized spacial score (nSPS) is 13.9. The average molecular weight is 537 g/mol. The first-order chi connectivity index (χ1) is 18.4. The number of benzene rings is 2. The number of rotatable bonds is 9. The molecule has 0 aliphatic carbocycles. The Kier molecular flexibility index (Phi) is 8.77. The number of hydrogen-bond acceptors (Lipinski definition) is 6. The SMILES string of the molecule is C=CC(=O)Nc1cccc(CN2CCC(NC(=O)c3n[nH]cc3NC(=O)c3c(Cl)cccc3OC)CC2)c1. The molecule has 38 heavy (non-hydrogen) atoms. The topological polar surface area (TPSA) is 128 Å². The van der Waals surface area contributed by atoms with Crippen molar-refractivity contribution in [1.29, 1.82) is 0 Å². The Morgan fingerprint density at radius 1 is 1.16 bits per heavy atom. The summed E-state index contributed by atoms with van der Waals surface area (Å²) in [4.78, 5) is 39.7. The summed E-state index contributed by atoms with van der Waals surface area (Å²) in [5.41, 5.74) is 2.32. The van der Waals surface area contributed by atoms with Crippen molar-refractivity contribution >= 4 is 40.7 Å². The van der Waals surface area contributed by atoms with Crippen LogP contribution < -0.4 is 20.7 Å². The fraction of sp³-hybridized carbons (Fsp3) is 0.259. The quantitative estimate of drug-likeness (QED) is 0.308. The van der Waals surface area contributed by atoms with E-state index in [4.69, 9.17) is 16.3 Å². The van der Waals surface area contributed by atoms with E-state index in [0.717, 1.165) is 43.7 Å². The molecule has 1 aliphatic rings. The molecule has 4 rings (SSSR count). The number of hydrogen-bond donors (Lipinski definition) is 4. The molecule has 0 saturated carbocycles. The fourth-order valence-electron chi connectivity index (χ4n) is 4.33. The lowest BCUT2D eigenvalue weighted by molar-refractivity contribution is -0.111. The molecule has 1 fully saturated rings. The maximum absolute atomic E-state index is 13.0. The van der Waals surface area contributed by atoms with Crippen molar-refractivity contribution < 1.29 is 19.1 Å². The highest BCUT2D eigenvalue weighted by Crippen LogP contribution is 2.27. The number of nitrogens with one attached hydrogen (secondary N) is 4. The van der Waals surface area contributed by atoms with Crippen LogP contribution >= 0.6 is 11.6 Å². The van der Waals surface area contributed by atoms with Crippen LogP contribution in [-0.4, -0.2) is 59.1 Å². The molecule has 11 heteroatoms. The molecule has 2 heterocycles. The second-order valence-corrected chi connectivity index (χ2v) is 9.24. The number of anilines is 2. The number of likely N-dealkylation sites (tertiary alicyclic amines) is 1. The average Bonchev–Trinajstić information content (AvgIpc) is 3.37. The number of methoxy groups -OCH3 is 1. The summed E-state index contributed by atoms with van der Waals surface area (Å²) in [6, 6.07) is 12.6. The molecule has 1 aromatic heterocycles. The number of carbonyl (C=O) groups is 3. The van der Waals surface area contributed by atoms with Gasteiger partial charge in [0.25, 0.3) is 11.8 Å². The van der Waals surface area contributed by atoms with Crippen LogP contribution in [0, 0.1) is 0 Å². The van der Waals surface area contributed by atoms with E-state index in [9.17, 15) is 14.4 Å². The van der Waals surface area contributed by atoms with Gasteiger partial charge in [0, 0.05) is 37.6 Å². The molecular weight excluding hydrogens is 508 g/mol. The van der Waals surface area contributed by atoms with Crippen LogP contribution in [0.25, 0.3) is 0 Å². The van der Waals surface area contributed by atoms with Crippen molar-refractivity contribution in [2.75, 3.05) is 30.8 Å². The molecule has 2 aromatic carbocycles. The number of ether oxygens (including phenoxy) is 1. The predicted octanol–water partition coefficient (Wildman–Crippen LogP) is 3.84. The molecule has 4 N–H and O–H groups in total. The summed E-state index contributed by atoms with van der Waals surface area (Å²) in [6.45, 7) is 5.80. The number of H-pyrrole nitrogens is 1. The zero-order chi connectivity index (χ0) is 27.1. The minimum Gasteiger partial charge on any atom is -0.496 e. The summed E-state index contributed by atoms with van der Waals surface area (Å²) >= 11 is 6.20. The number of aromatic nitrogens is 2. The Morgan fingerprint density at radius 2 is 1.92 bits per heavy atom. The Labute approximate surface area is 225 Å². The van der Waals surface area contributed by atoms with Crippen molar-refractivity contribution in [1.82, 2.24) is 20.4 Å². The van der Waals surface area contributed by atoms with Gasteiger partial charge in [-0.3, -0.25) is 24.4 Å².